The van der Waals surface area contributed by atoms with Crippen molar-refractivity contribution in [2.45, 2.75) is 35.1 Å². The minimum Gasteiger partial charge on any atom is -0.456 e. The van der Waals surface area contributed by atoms with Crippen molar-refractivity contribution in [3.8, 4) is 0 Å². The second-order valence-electron chi connectivity index (χ2n) is 3.34. The molecule has 2 heterocycles. The molecule has 5 atom stereocenters. The van der Waals surface area contributed by atoms with Crippen LogP contribution in [0.25, 0.3) is 0 Å². The van der Waals surface area contributed by atoms with Crippen molar-refractivity contribution in [3.63, 3.8) is 0 Å². The van der Waals surface area contributed by atoms with E-state index in [0.29, 0.717) is 6.61 Å². The van der Waals surface area contributed by atoms with Gasteiger partial charge in [-0.25, -0.2) is 0 Å². The maximum Gasteiger partial charge on any atom is 0.303 e. The predicted octanol–water partition coefficient (Wildman–Crippen LogP) is 1.20. The highest BCUT2D eigenvalue weighted by Crippen LogP contribution is 2.37. The molecule has 0 aromatic heterocycles. The van der Waals surface area contributed by atoms with Crippen molar-refractivity contribution < 1.29 is 19.0 Å². The minimum absolute atomic E-state index is 0.0256. The first-order chi connectivity index (χ1) is 6.59. The van der Waals surface area contributed by atoms with Gasteiger partial charge in [0, 0.05) is 6.92 Å². The molecular formula is C8H10Br2O4. The van der Waals surface area contributed by atoms with Crippen LogP contribution in [0.15, 0.2) is 0 Å². The smallest absolute Gasteiger partial charge is 0.303 e. The highest BCUT2D eigenvalue weighted by atomic mass is 79.9. The van der Waals surface area contributed by atoms with Crippen molar-refractivity contribution in [3.05, 3.63) is 0 Å². The fraction of sp³-hybridized carbons (Fsp3) is 0.875. The van der Waals surface area contributed by atoms with E-state index in [2.05, 4.69) is 31.9 Å². The Labute approximate surface area is 98.5 Å². The number of halogens is 2. The molecule has 0 aromatic rings. The molecule has 0 unspecified atom stereocenters. The highest BCUT2D eigenvalue weighted by molar-refractivity contribution is 9.12. The Morgan fingerprint density at radius 2 is 2.14 bits per heavy atom. The highest BCUT2D eigenvalue weighted by Gasteiger charge is 2.50. The molecule has 2 aliphatic heterocycles. The van der Waals surface area contributed by atoms with Gasteiger partial charge in [0.05, 0.1) is 22.4 Å². The summed E-state index contributed by atoms with van der Waals surface area (Å²) in [6.07, 6.45) is -0.770. The summed E-state index contributed by atoms with van der Waals surface area (Å²) >= 11 is 6.98. The molecule has 0 aliphatic carbocycles. The third-order valence-electron chi connectivity index (χ3n) is 2.28. The standard InChI is InChI=1S/C8H10Br2O4/c1-3(11)13-7-6(10)5(9)4-2-12-8(7)14-4/h4-8H,2H2,1H3/t4-,5-,6+,7+,8-/m1/s1. The average Bonchev–Trinajstić information content (AvgIpc) is 2.55. The molecule has 0 spiro atoms. The minimum atomic E-state index is -0.429. The number of carbonyl (C=O) groups is 1. The van der Waals surface area contributed by atoms with Crippen LogP contribution < -0.4 is 0 Å². The molecular weight excluding hydrogens is 320 g/mol. The first-order valence-corrected chi connectivity index (χ1v) is 6.15. The van der Waals surface area contributed by atoms with Gasteiger partial charge < -0.3 is 14.2 Å². The van der Waals surface area contributed by atoms with Crippen LogP contribution in [0.5, 0.6) is 0 Å². The van der Waals surface area contributed by atoms with Gasteiger partial charge in [0.15, 0.2) is 12.4 Å². The SMILES string of the molecule is CC(=O)O[C@@H]1[C@@H]2OC[C@@H](O2)[C@@H](Br)[C@@H]1Br. The summed E-state index contributed by atoms with van der Waals surface area (Å²) in [6.45, 7) is 1.92. The van der Waals surface area contributed by atoms with Gasteiger partial charge in [0.25, 0.3) is 0 Å². The van der Waals surface area contributed by atoms with Crippen molar-refractivity contribution in [2.24, 2.45) is 0 Å². The topological polar surface area (TPSA) is 44.8 Å². The lowest BCUT2D eigenvalue weighted by molar-refractivity contribution is -0.182. The van der Waals surface area contributed by atoms with E-state index in [1.807, 2.05) is 0 Å². The Morgan fingerprint density at radius 3 is 2.79 bits per heavy atom. The maximum absolute atomic E-state index is 10.9. The largest absolute Gasteiger partial charge is 0.456 e. The second-order valence-corrected chi connectivity index (χ2v) is 5.45. The van der Waals surface area contributed by atoms with E-state index in [0.717, 1.165) is 0 Å². The fourth-order valence-electron chi connectivity index (χ4n) is 1.63. The number of fused-ring (bicyclic) bond motifs is 2. The lowest BCUT2D eigenvalue weighted by Crippen LogP contribution is -2.50. The molecule has 2 rings (SSSR count). The van der Waals surface area contributed by atoms with Gasteiger partial charge in [-0.2, -0.15) is 0 Å². The zero-order chi connectivity index (χ0) is 10.3. The molecule has 4 nitrogen and oxygen atoms in total. The average molecular weight is 330 g/mol. The Balaban J connectivity index is 2.10. The summed E-state index contributed by atoms with van der Waals surface area (Å²) in [7, 11) is 0. The van der Waals surface area contributed by atoms with Crippen molar-refractivity contribution in [2.75, 3.05) is 6.61 Å². The van der Waals surface area contributed by atoms with Crippen LogP contribution in [-0.2, 0) is 19.0 Å². The van der Waals surface area contributed by atoms with Crippen LogP contribution in [0.1, 0.15) is 6.92 Å². The number of esters is 1. The van der Waals surface area contributed by atoms with E-state index in [9.17, 15) is 4.79 Å². The van der Waals surface area contributed by atoms with Crippen LogP contribution in [-0.4, -0.2) is 40.7 Å². The molecule has 14 heavy (non-hydrogen) atoms. The normalized spacial score (nSPS) is 46.4. The Bertz CT molecular complexity index is 247. The third kappa shape index (κ3) is 1.85. The quantitative estimate of drug-likeness (QED) is 0.535. The Hall–Kier alpha value is 0.350. The summed E-state index contributed by atoms with van der Waals surface area (Å²) < 4.78 is 16.0. The van der Waals surface area contributed by atoms with Crippen LogP contribution in [0, 0.1) is 0 Å². The molecule has 2 bridgehead atoms. The molecule has 0 N–H and O–H groups in total. The Kier molecular flexibility index (Phi) is 3.16. The molecule has 0 aromatic carbocycles. The number of hydrogen-bond donors (Lipinski definition) is 0. The van der Waals surface area contributed by atoms with Crippen LogP contribution >= 0.6 is 31.9 Å². The van der Waals surface area contributed by atoms with Crippen LogP contribution in [0.2, 0.25) is 0 Å². The van der Waals surface area contributed by atoms with Crippen molar-refractivity contribution in [1.82, 2.24) is 0 Å². The predicted molar refractivity (Wildman–Crippen MR) is 55.6 cm³/mol. The van der Waals surface area contributed by atoms with E-state index in [-0.39, 0.29) is 27.8 Å². The molecule has 0 saturated carbocycles. The van der Waals surface area contributed by atoms with Crippen LogP contribution in [0.3, 0.4) is 0 Å². The van der Waals surface area contributed by atoms with Crippen molar-refractivity contribution >= 4 is 37.8 Å². The van der Waals surface area contributed by atoms with E-state index >= 15 is 0 Å². The molecule has 80 valence electrons. The summed E-state index contributed by atoms with van der Waals surface area (Å²) in [6, 6.07) is 0. The van der Waals surface area contributed by atoms with E-state index < -0.39 is 6.29 Å². The summed E-state index contributed by atoms with van der Waals surface area (Å²) in [4.78, 5) is 11.0. The Morgan fingerprint density at radius 1 is 1.43 bits per heavy atom. The van der Waals surface area contributed by atoms with E-state index in [1.165, 1.54) is 6.92 Å². The molecule has 0 radical (unpaired) electrons. The number of hydrogen-bond acceptors (Lipinski definition) is 4. The summed E-state index contributed by atoms with van der Waals surface area (Å²) in [5.74, 6) is -0.322. The molecule has 2 fully saturated rings. The van der Waals surface area contributed by atoms with E-state index in [1.54, 1.807) is 0 Å². The lowest BCUT2D eigenvalue weighted by atomic mass is 10.1. The van der Waals surface area contributed by atoms with Crippen molar-refractivity contribution in [1.29, 1.82) is 0 Å². The van der Waals surface area contributed by atoms with Gasteiger partial charge >= 0.3 is 5.97 Å². The van der Waals surface area contributed by atoms with Gasteiger partial charge in [0.2, 0.25) is 0 Å². The number of alkyl halides is 2. The zero-order valence-electron chi connectivity index (χ0n) is 7.48. The number of ether oxygens (including phenoxy) is 3. The molecule has 6 heteroatoms. The van der Waals surface area contributed by atoms with Gasteiger partial charge in [-0.15, -0.1) is 0 Å². The molecule has 2 saturated heterocycles. The van der Waals surface area contributed by atoms with E-state index in [4.69, 9.17) is 14.2 Å². The maximum atomic E-state index is 10.9. The first-order valence-electron chi connectivity index (χ1n) is 4.32. The monoisotopic (exact) mass is 328 g/mol. The number of carbonyl (C=O) groups excluding carboxylic acids is 1. The van der Waals surface area contributed by atoms with Gasteiger partial charge in [-0.1, -0.05) is 31.9 Å². The van der Waals surface area contributed by atoms with Crippen LogP contribution in [0.4, 0.5) is 0 Å². The van der Waals surface area contributed by atoms with Gasteiger partial charge in [-0.3, -0.25) is 4.79 Å². The molecule has 0 amide bonds. The van der Waals surface area contributed by atoms with Gasteiger partial charge in [-0.05, 0) is 0 Å². The zero-order valence-corrected chi connectivity index (χ0v) is 10.7. The second kappa shape index (κ2) is 4.08. The number of rotatable bonds is 1. The van der Waals surface area contributed by atoms with Gasteiger partial charge in [0.1, 0.15) is 0 Å². The lowest BCUT2D eigenvalue weighted by Gasteiger charge is -2.34. The third-order valence-corrected chi connectivity index (χ3v) is 5.24. The fourth-order valence-corrected chi connectivity index (χ4v) is 2.90. The first kappa shape index (κ1) is 10.9. The molecule has 2 aliphatic rings. The summed E-state index contributed by atoms with van der Waals surface area (Å²) in [5, 5.41) is 0. The summed E-state index contributed by atoms with van der Waals surface area (Å²) in [5.41, 5.74) is 0.